The van der Waals surface area contributed by atoms with Gasteiger partial charge in [0.15, 0.2) is 0 Å². The van der Waals surface area contributed by atoms with Gasteiger partial charge >= 0.3 is 6.09 Å². The van der Waals surface area contributed by atoms with E-state index in [1.807, 2.05) is 6.08 Å². The van der Waals surface area contributed by atoms with Gasteiger partial charge in [-0.3, -0.25) is 0 Å². The molecule has 0 fully saturated rings. The Bertz CT molecular complexity index is 123. The van der Waals surface area contributed by atoms with E-state index in [4.69, 9.17) is 5.11 Å². The van der Waals surface area contributed by atoms with Crippen molar-refractivity contribution in [3.8, 4) is 0 Å². The molecule has 0 atom stereocenters. The van der Waals surface area contributed by atoms with Crippen molar-refractivity contribution < 1.29 is 9.90 Å². The molecule has 0 aliphatic heterocycles. The summed E-state index contributed by atoms with van der Waals surface area (Å²) >= 11 is 0. The van der Waals surface area contributed by atoms with Crippen LogP contribution in [0.15, 0.2) is 12.7 Å². The van der Waals surface area contributed by atoms with E-state index < -0.39 is 6.09 Å². The molecule has 0 aromatic heterocycles. The molecule has 11 heavy (non-hydrogen) atoms. The zero-order valence-electron chi connectivity index (χ0n) is 6.68. The minimum Gasteiger partial charge on any atom is -0.465 e. The van der Waals surface area contributed by atoms with Gasteiger partial charge in [-0.2, -0.15) is 0 Å². The van der Waals surface area contributed by atoms with Crippen LogP contribution in [0.25, 0.3) is 0 Å². The van der Waals surface area contributed by atoms with Gasteiger partial charge in [0.25, 0.3) is 0 Å². The highest BCUT2D eigenvalue weighted by atomic mass is 16.4. The number of hydrogen-bond acceptors (Lipinski definition) is 1. The quantitative estimate of drug-likeness (QED) is 0.457. The van der Waals surface area contributed by atoms with Gasteiger partial charge in [0.05, 0.1) is 0 Å². The topological polar surface area (TPSA) is 49.3 Å². The average Bonchev–Trinajstić information content (AvgIpc) is 1.96. The van der Waals surface area contributed by atoms with Crippen LogP contribution in [-0.4, -0.2) is 17.7 Å². The highest BCUT2D eigenvalue weighted by molar-refractivity contribution is 5.64. The lowest BCUT2D eigenvalue weighted by Gasteiger charge is -1.98. The lowest BCUT2D eigenvalue weighted by Crippen LogP contribution is -2.21. The molecule has 1 amide bonds. The van der Waals surface area contributed by atoms with Gasteiger partial charge in [-0.05, 0) is 19.3 Å². The van der Waals surface area contributed by atoms with Crippen LogP contribution in [0.5, 0.6) is 0 Å². The Morgan fingerprint density at radius 3 is 2.73 bits per heavy atom. The predicted octanol–water partition coefficient (Wildman–Crippen LogP) is 2.00. The fourth-order valence-corrected chi connectivity index (χ4v) is 0.786. The Morgan fingerprint density at radius 2 is 2.18 bits per heavy atom. The van der Waals surface area contributed by atoms with E-state index in [0.29, 0.717) is 6.54 Å². The lowest BCUT2D eigenvalue weighted by molar-refractivity contribution is 0.194. The maximum Gasteiger partial charge on any atom is 0.404 e. The molecule has 0 saturated heterocycles. The van der Waals surface area contributed by atoms with Crippen LogP contribution in [-0.2, 0) is 0 Å². The summed E-state index contributed by atoms with van der Waals surface area (Å²) in [5.74, 6) is 0. The second-order valence-electron chi connectivity index (χ2n) is 2.37. The van der Waals surface area contributed by atoms with Gasteiger partial charge in [0.2, 0.25) is 0 Å². The standard InChI is InChI=1S/C8H15NO2/c1-2-3-4-5-6-7-9-8(10)11/h2,9H,1,3-7H2,(H,10,11). The Balaban J connectivity index is 2.90. The molecular formula is C8H15NO2. The number of unbranched alkanes of at least 4 members (excludes halogenated alkanes) is 3. The predicted molar refractivity (Wildman–Crippen MR) is 44.7 cm³/mol. The van der Waals surface area contributed by atoms with Crippen molar-refractivity contribution >= 4 is 6.09 Å². The molecule has 0 aliphatic rings. The molecule has 64 valence electrons. The molecule has 0 aliphatic carbocycles. The highest BCUT2D eigenvalue weighted by Crippen LogP contribution is 1.98. The molecule has 0 aromatic carbocycles. The maximum absolute atomic E-state index is 9.96. The monoisotopic (exact) mass is 157 g/mol. The van der Waals surface area contributed by atoms with Crippen molar-refractivity contribution in [2.45, 2.75) is 25.7 Å². The number of allylic oxidation sites excluding steroid dienone is 1. The summed E-state index contributed by atoms with van der Waals surface area (Å²) in [6.07, 6.45) is 5.04. The fraction of sp³-hybridized carbons (Fsp3) is 0.625. The first kappa shape index (κ1) is 10.0. The zero-order chi connectivity index (χ0) is 8.53. The zero-order valence-corrected chi connectivity index (χ0v) is 6.68. The minimum absolute atomic E-state index is 0.562. The van der Waals surface area contributed by atoms with Crippen molar-refractivity contribution in [1.82, 2.24) is 5.32 Å². The largest absolute Gasteiger partial charge is 0.465 e. The summed E-state index contributed by atoms with van der Waals surface area (Å²) in [4.78, 5) is 9.96. The van der Waals surface area contributed by atoms with E-state index in [-0.39, 0.29) is 0 Å². The van der Waals surface area contributed by atoms with Crippen LogP contribution in [0.1, 0.15) is 25.7 Å². The van der Waals surface area contributed by atoms with Gasteiger partial charge in [0, 0.05) is 6.54 Å². The molecule has 0 bridgehead atoms. The number of rotatable bonds is 6. The second kappa shape index (κ2) is 7.12. The number of amides is 1. The van der Waals surface area contributed by atoms with E-state index in [1.165, 1.54) is 0 Å². The molecule has 0 rings (SSSR count). The molecule has 3 nitrogen and oxygen atoms in total. The van der Waals surface area contributed by atoms with Crippen LogP contribution >= 0.6 is 0 Å². The average molecular weight is 157 g/mol. The van der Waals surface area contributed by atoms with E-state index in [1.54, 1.807) is 0 Å². The maximum atomic E-state index is 9.96. The SMILES string of the molecule is C=CCCCCCNC(=O)O. The molecule has 0 heterocycles. The van der Waals surface area contributed by atoms with Crippen LogP contribution in [0.4, 0.5) is 4.79 Å². The third kappa shape index (κ3) is 9.01. The highest BCUT2D eigenvalue weighted by Gasteiger charge is 1.91. The van der Waals surface area contributed by atoms with Gasteiger partial charge in [0.1, 0.15) is 0 Å². The second-order valence-corrected chi connectivity index (χ2v) is 2.37. The van der Waals surface area contributed by atoms with Crippen molar-refractivity contribution in [2.75, 3.05) is 6.54 Å². The molecule has 2 N–H and O–H groups in total. The van der Waals surface area contributed by atoms with Gasteiger partial charge in [-0.25, -0.2) is 4.79 Å². The van der Waals surface area contributed by atoms with Crippen LogP contribution in [0, 0.1) is 0 Å². The third-order valence-corrected chi connectivity index (χ3v) is 1.36. The van der Waals surface area contributed by atoms with Crippen molar-refractivity contribution in [3.05, 3.63) is 12.7 Å². The molecule has 0 saturated carbocycles. The van der Waals surface area contributed by atoms with E-state index >= 15 is 0 Å². The Morgan fingerprint density at radius 1 is 1.45 bits per heavy atom. The summed E-state index contributed by atoms with van der Waals surface area (Å²) in [5.41, 5.74) is 0. The van der Waals surface area contributed by atoms with E-state index in [0.717, 1.165) is 25.7 Å². The molecule has 0 spiro atoms. The van der Waals surface area contributed by atoms with Crippen LogP contribution in [0.3, 0.4) is 0 Å². The normalized spacial score (nSPS) is 9.09. The summed E-state index contributed by atoms with van der Waals surface area (Å²) < 4.78 is 0. The summed E-state index contributed by atoms with van der Waals surface area (Å²) in [6, 6.07) is 0. The lowest BCUT2D eigenvalue weighted by atomic mass is 10.2. The molecule has 3 heteroatoms. The molecule has 0 aromatic rings. The van der Waals surface area contributed by atoms with Crippen LogP contribution < -0.4 is 5.32 Å². The molecule has 0 unspecified atom stereocenters. The summed E-state index contributed by atoms with van der Waals surface area (Å²) in [5, 5.41) is 10.5. The molecular weight excluding hydrogens is 142 g/mol. The van der Waals surface area contributed by atoms with Gasteiger partial charge in [-0.1, -0.05) is 12.5 Å². The van der Waals surface area contributed by atoms with E-state index in [9.17, 15) is 4.79 Å². The van der Waals surface area contributed by atoms with Crippen molar-refractivity contribution in [1.29, 1.82) is 0 Å². The third-order valence-electron chi connectivity index (χ3n) is 1.36. The first-order valence-electron chi connectivity index (χ1n) is 3.85. The van der Waals surface area contributed by atoms with Crippen molar-refractivity contribution in [2.24, 2.45) is 0 Å². The number of carbonyl (C=O) groups is 1. The number of carboxylic acid groups (broad SMARTS) is 1. The van der Waals surface area contributed by atoms with Gasteiger partial charge in [-0.15, -0.1) is 6.58 Å². The Hall–Kier alpha value is -0.990. The summed E-state index contributed by atoms with van der Waals surface area (Å²) in [6.45, 7) is 4.16. The first-order valence-corrected chi connectivity index (χ1v) is 3.85. The Labute approximate surface area is 67.1 Å². The smallest absolute Gasteiger partial charge is 0.404 e. The number of hydrogen-bond donors (Lipinski definition) is 2. The fourth-order valence-electron chi connectivity index (χ4n) is 0.786. The van der Waals surface area contributed by atoms with Crippen molar-refractivity contribution in [3.63, 3.8) is 0 Å². The van der Waals surface area contributed by atoms with E-state index in [2.05, 4.69) is 11.9 Å². The van der Waals surface area contributed by atoms with Crippen LogP contribution in [0.2, 0.25) is 0 Å². The number of nitrogens with one attached hydrogen (secondary N) is 1. The molecule has 0 radical (unpaired) electrons. The minimum atomic E-state index is -0.936. The van der Waals surface area contributed by atoms with Gasteiger partial charge < -0.3 is 10.4 Å². The first-order chi connectivity index (χ1) is 5.27. The summed E-state index contributed by atoms with van der Waals surface area (Å²) in [7, 11) is 0. The Kier molecular flexibility index (Phi) is 6.48.